The van der Waals surface area contributed by atoms with Gasteiger partial charge in [0.15, 0.2) is 6.29 Å². The van der Waals surface area contributed by atoms with Crippen molar-refractivity contribution in [1.29, 1.82) is 0 Å². The van der Waals surface area contributed by atoms with E-state index < -0.39 is 0 Å². The fourth-order valence-electron chi connectivity index (χ4n) is 1.44. The van der Waals surface area contributed by atoms with Crippen LogP contribution in [0.25, 0.3) is 6.08 Å². The molecule has 1 aromatic rings. The van der Waals surface area contributed by atoms with Gasteiger partial charge in [0.1, 0.15) is 5.75 Å². The van der Waals surface area contributed by atoms with Crippen molar-refractivity contribution in [3.8, 4) is 5.75 Å². The monoisotopic (exact) mass is 346 g/mol. The van der Waals surface area contributed by atoms with E-state index in [9.17, 15) is 0 Å². The van der Waals surface area contributed by atoms with E-state index >= 15 is 0 Å². The van der Waals surface area contributed by atoms with Crippen LogP contribution >= 0.6 is 22.6 Å². The first-order valence-electron chi connectivity index (χ1n) is 5.58. The topological polar surface area (TPSA) is 18.5 Å². The highest BCUT2D eigenvalue weighted by Crippen LogP contribution is 2.24. The van der Waals surface area contributed by atoms with Crippen molar-refractivity contribution in [3.05, 3.63) is 33.9 Å². The molecule has 0 aliphatic rings. The van der Waals surface area contributed by atoms with Gasteiger partial charge in [-0.1, -0.05) is 18.7 Å². The van der Waals surface area contributed by atoms with Crippen molar-refractivity contribution in [2.75, 3.05) is 0 Å². The van der Waals surface area contributed by atoms with Gasteiger partial charge in [-0.05, 0) is 68.0 Å². The lowest BCUT2D eigenvalue weighted by molar-refractivity contribution is -0.140. The maximum atomic E-state index is 5.76. The Kier molecular flexibility index (Phi) is 5.01. The van der Waals surface area contributed by atoms with Crippen molar-refractivity contribution in [1.82, 2.24) is 0 Å². The molecular formula is C14H19IO2. The summed E-state index contributed by atoms with van der Waals surface area (Å²) in [5, 5.41) is 0. The van der Waals surface area contributed by atoms with Gasteiger partial charge in [-0.25, -0.2) is 0 Å². The first-order valence-corrected chi connectivity index (χ1v) is 6.66. The summed E-state index contributed by atoms with van der Waals surface area (Å²) in [6, 6.07) is 5.96. The maximum absolute atomic E-state index is 5.76. The van der Waals surface area contributed by atoms with E-state index in [-0.39, 0.29) is 11.9 Å². The third-order valence-electron chi connectivity index (χ3n) is 2.00. The molecule has 0 bridgehead atoms. The predicted molar refractivity (Wildman–Crippen MR) is 80.2 cm³/mol. The molecule has 0 saturated heterocycles. The molecule has 0 aromatic heterocycles. The van der Waals surface area contributed by atoms with Crippen LogP contribution in [-0.2, 0) is 4.74 Å². The molecule has 94 valence electrons. The Morgan fingerprint density at radius 2 is 2.00 bits per heavy atom. The van der Waals surface area contributed by atoms with E-state index in [1.165, 1.54) is 0 Å². The zero-order chi connectivity index (χ0) is 13.1. The fraction of sp³-hybridized carbons (Fsp3) is 0.429. The first-order chi connectivity index (χ1) is 7.81. The van der Waals surface area contributed by atoms with E-state index in [2.05, 4.69) is 29.2 Å². The zero-order valence-corrected chi connectivity index (χ0v) is 12.9. The van der Waals surface area contributed by atoms with Crippen LogP contribution < -0.4 is 4.74 Å². The lowest BCUT2D eigenvalue weighted by Crippen LogP contribution is -2.29. The largest absolute Gasteiger partial charge is 0.464 e. The van der Waals surface area contributed by atoms with Crippen molar-refractivity contribution < 1.29 is 9.47 Å². The highest BCUT2D eigenvalue weighted by Gasteiger charge is 2.16. The van der Waals surface area contributed by atoms with Crippen LogP contribution in [-0.4, -0.2) is 11.9 Å². The number of hydrogen-bond acceptors (Lipinski definition) is 2. The van der Waals surface area contributed by atoms with Gasteiger partial charge in [-0.3, -0.25) is 0 Å². The van der Waals surface area contributed by atoms with Gasteiger partial charge in [0, 0.05) is 0 Å². The summed E-state index contributed by atoms with van der Waals surface area (Å²) in [5.41, 5.74) is 0.887. The number of ether oxygens (including phenoxy) is 2. The second-order valence-electron chi connectivity index (χ2n) is 4.81. The van der Waals surface area contributed by atoms with Crippen LogP contribution in [0.15, 0.2) is 24.8 Å². The van der Waals surface area contributed by atoms with E-state index in [0.29, 0.717) is 0 Å². The van der Waals surface area contributed by atoms with Gasteiger partial charge in [-0.15, -0.1) is 0 Å². The quantitative estimate of drug-likeness (QED) is 0.591. The van der Waals surface area contributed by atoms with Gasteiger partial charge < -0.3 is 9.47 Å². The summed E-state index contributed by atoms with van der Waals surface area (Å²) in [6.45, 7) is 11.7. The number of halogens is 1. The van der Waals surface area contributed by atoms with Gasteiger partial charge in [0.2, 0.25) is 0 Å². The standard InChI is InChI=1S/C14H19IO2/c1-6-11-7-8-13(12(15)9-11)16-10(2)17-14(3,4)5/h6-10H,1H2,2-5H3. The molecule has 0 radical (unpaired) electrons. The van der Waals surface area contributed by atoms with Gasteiger partial charge >= 0.3 is 0 Å². The third kappa shape index (κ3) is 5.08. The Balaban J connectivity index is 2.72. The number of benzene rings is 1. The van der Waals surface area contributed by atoms with Crippen LogP contribution in [0.4, 0.5) is 0 Å². The molecule has 0 aliphatic heterocycles. The first kappa shape index (κ1) is 14.5. The van der Waals surface area contributed by atoms with Crippen LogP contribution in [0.3, 0.4) is 0 Å². The lowest BCUT2D eigenvalue weighted by Gasteiger charge is -2.25. The van der Waals surface area contributed by atoms with Crippen LogP contribution in [0.1, 0.15) is 33.3 Å². The summed E-state index contributed by atoms with van der Waals surface area (Å²) in [4.78, 5) is 0. The molecule has 1 aromatic carbocycles. The minimum Gasteiger partial charge on any atom is -0.464 e. The SMILES string of the molecule is C=Cc1ccc(OC(C)OC(C)(C)C)c(I)c1. The molecule has 1 rings (SSSR count). The molecule has 3 heteroatoms. The highest BCUT2D eigenvalue weighted by atomic mass is 127. The minimum absolute atomic E-state index is 0.202. The van der Waals surface area contributed by atoms with Crippen LogP contribution in [0, 0.1) is 3.57 Å². The Morgan fingerprint density at radius 1 is 1.35 bits per heavy atom. The summed E-state index contributed by atoms with van der Waals surface area (Å²) in [5.74, 6) is 0.841. The van der Waals surface area contributed by atoms with E-state index in [1.54, 1.807) is 0 Å². The van der Waals surface area contributed by atoms with Gasteiger partial charge in [-0.2, -0.15) is 0 Å². The van der Waals surface area contributed by atoms with Crippen molar-refractivity contribution in [2.45, 2.75) is 39.6 Å². The average Bonchev–Trinajstić information content (AvgIpc) is 2.18. The summed E-state index contributed by atoms with van der Waals surface area (Å²) < 4.78 is 12.5. The van der Waals surface area contributed by atoms with Crippen LogP contribution in [0.5, 0.6) is 5.75 Å². The smallest absolute Gasteiger partial charge is 0.197 e. The van der Waals surface area contributed by atoms with Gasteiger partial charge in [0.05, 0.1) is 9.17 Å². The average molecular weight is 346 g/mol. The summed E-state index contributed by atoms with van der Waals surface area (Å²) in [7, 11) is 0. The molecule has 2 nitrogen and oxygen atoms in total. The summed E-state index contributed by atoms with van der Waals surface area (Å²) in [6.07, 6.45) is 1.55. The lowest BCUT2D eigenvalue weighted by atomic mass is 10.2. The molecule has 1 unspecified atom stereocenters. The molecule has 0 N–H and O–H groups in total. The highest BCUT2D eigenvalue weighted by molar-refractivity contribution is 14.1. The Labute approximate surface area is 117 Å². The molecule has 0 amide bonds. The van der Waals surface area contributed by atoms with E-state index in [0.717, 1.165) is 14.9 Å². The molecule has 0 fully saturated rings. The van der Waals surface area contributed by atoms with Crippen molar-refractivity contribution in [2.24, 2.45) is 0 Å². The van der Waals surface area contributed by atoms with Gasteiger partial charge in [0.25, 0.3) is 0 Å². The second-order valence-corrected chi connectivity index (χ2v) is 5.97. The molecular weight excluding hydrogens is 327 g/mol. The van der Waals surface area contributed by atoms with Crippen molar-refractivity contribution >= 4 is 28.7 Å². The Hall–Kier alpha value is -0.550. The molecule has 0 aliphatic carbocycles. The van der Waals surface area contributed by atoms with E-state index in [1.807, 2.05) is 52.0 Å². The third-order valence-corrected chi connectivity index (χ3v) is 2.85. The molecule has 0 saturated carbocycles. The summed E-state index contributed by atoms with van der Waals surface area (Å²) >= 11 is 2.25. The molecule has 1 atom stereocenters. The molecule has 0 heterocycles. The van der Waals surface area contributed by atoms with Crippen molar-refractivity contribution in [3.63, 3.8) is 0 Å². The number of rotatable bonds is 4. The zero-order valence-electron chi connectivity index (χ0n) is 10.8. The fourth-order valence-corrected chi connectivity index (χ4v) is 2.11. The Morgan fingerprint density at radius 3 is 2.47 bits per heavy atom. The second kappa shape index (κ2) is 5.87. The molecule has 17 heavy (non-hydrogen) atoms. The minimum atomic E-state index is -0.266. The van der Waals surface area contributed by atoms with Crippen LogP contribution in [0.2, 0.25) is 0 Å². The number of hydrogen-bond donors (Lipinski definition) is 0. The van der Waals surface area contributed by atoms with E-state index in [4.69, 9.17) is 9.47 Å². The molecule has 0 spiro atoms. The maximum Gasteiger partial charge on any atom is 0.197 e. The Bertz CT molecular complexity index is 394. The predicted octanol–water partition coefficient (Wildman–Crippen LogP) is 4.47. The normalized spacial score (nSPS) is 13.2.